The third-order valence-corrected chi connectivity index (χ3v) is 4.82. The van der Waals surface area contributed by atoms with Gasteiger partial charge in [0.25, 0.3) is 5.91 Å². The van der Waals surface area contributed by atoms with Gasteiger partial charge in [-0.05, 0) is 42.8 Å². The van der Waals surface area contributed by atoms with Crippen LogP contribution in [0.15, 0.2) is 48.5 Å². The quantitative estimate of drug-likeness (QED) is 0.826. The molecule has 3 rings (SSSR count). The lowest BCUT2D eigenvalue weighted by Gasteiger charge is -2.34. The summed E-state index contributed by atoms with van der Waals surface area (Å²) >= 11 is 6.05. The standard InChI is InChI=1S/C21H24ClN3O3/c1-2-28-21(27)23-19-8-4-6-17(14-19)20(26)25-11-9-24(10-12-25)15-16-5-3-7-18(22)13-16/h3-8,13-14H,2,9-12,15H2,1H3,(H,23,27). The number of hydrogen-bond donors (Lipinski definition) is 1. The Balaban J connectivity index is 1.55. The smallest absolute Gasteiger partial charge is 0.411 e. The first-order valence-corrected chi connectivity index (χ1v) is 9.73. The first-order chi connectivity index (χ1) is 13.5. The minimum Gasteiger partial charge on any atom is -0.450 e. The minimum atomic E-state index is -0.526. The Hall–Kier alpha value is -2.57. The van der Waals surface area contributed by atoms with Gasteiger partial charge in [-0.1, -0.05) is 29.8 Å². The maximum Gasteiger partial charge on any atom is 0.411 e. The molecule has 28 heavy (non-hydrogen) atoms. The number of piperazine rings is 1. The molecule has 2 amide bonds. The molecule has 1 aliphatic rings. The van der Waals surface area contributed by atoms with Crippen molar-refractivity contribution < 1.29 is 14.3 Å². The molecule has 0 atom stereocenters. The lowest BCUT2D eigenvalue weighted by molar-refractivity contribution is 0.0628. The Morgan fingerprint density at radius 1 is 1.07 bits per heavy atom. The van der Waals surface area contributed by atoms with Crippen LogP contribution in [0.5, 0.6) is 0 Å². The third-order valence-electron chi connectivity index (χ3n) is 4.59. The summed E-state index contributed by atoms with van der Waals surface area (Å²) in [6.45, 7) is 5.79. The molecule has 6 nitrogen and oxygen atoms in total. The second-order valence-electron chi connectivity index (χ2n) is 6.62. The van der Waals surface area contributed by atoms with Gasteiger partial charge in [-0.15, -0.1) is 0 Å². The van der Waals surface area contributed by atoms with E-state index in [1.807, 2.05) is 23.1 Å². The number of ether oxygens (including phenoxy) is 1. The van der Waals surface area contributed by atoms with Crippen molar-refractivity contribution in [2.45, 2.75) is 13.5 Å². The molecule has 0 radical (unpaired) electrons. The van der Waals surface area contributed by atoms with Gasteiger partial charge in [0.05, 0.1) is 6.61 Å². The Kier molecular flexibility index (Phi) is 6.90. The van der Waals surface area contributed by atoms with Crippen molar-refractivity contribution in [1.82, 2.24) is 9.80 Å². The van der Waals surface area contributed by atoms with E-state index >= 15 is 0 Å². The molecule has 1 fully saturated rings. The van der Waals surface area contributed by atoms with Crippen molar-refractivity contribution in [2.24, 2.45) is 0 Å². The molecule has 0 unspecified atom stereocenters. The lowest BCUT2D eigenvalue weighted by Crippen LogP contribution is -2.48. The van der Waals surface area contributed by atoms with E-state index in [1.165, 1.54) is 5.56 Å². The van der Waals surface area contributed by atoms with Gasteiger partial charge in [0.2, 0.25) is 0 Å². The maximum absolute atomic E-state index is 12.8. The number of anilines is 1. The Labute approximate surface area is 170 Å². The molecule has 1 aliphatic heterocycles. The molecule has 1 heterocycles. The summed E-state index contributed by atoms with van der Waals surface area (Å²) in [6, 6.07) is 14.8. The van der Waals surface area contributed by atoms with Gasteiger partial charge in [0.15, 0.2) is 0 Å². The number of carbonyl (C=O) groups is 2. The van der Waals surface area contributed by atoms with Crippen molar-refractivity contribution in [2.75, 3.05) is 38.1 Å². The second kappa shape index (κ2) is 9.57. The van der Waals surface area contributed by atoms with Gasteiger partial charge in [0.1, 0.15) is 0 Å². The molecule has 0 spiro atoms. The van der Waals surface area contributed by atoms with E-state index in [2.05, 4.69) is 16.3 Å². The van der Waals surface area contributed by atoms with Crippen LogP contribution in [0.2, 0.25) is 5.02 Å². The monoisotopic (exact) mass is 401 g/mol. The summed E-state index contributed by atoms with van der Waals surface area (Å²) in [6.07, 6.45) is -0.526. The average Bonchev–Trinajstić information content (AvgIpc) is 2.68. The SMILES string of the molecule is CCOC(=O)Nc1cccc(C(=O)N2CCN(Cc3cccc(Cl)c3)CC2)c1. The summed E-state index contributed by atoms with van der Waals surface area (Å²) < 4.78 is 4.87. The molecule has 1 saturated heterocycles. The van der Waals surface area contributed by atoms with Gasteiger partial charge < -0.3 is 9.64 Å². The van der Waals surface area contributed by atoms with E-state index in [-0.39, 0.29) is 5.91 Å². The summed E-state index contributed by atoms with van der Waals surface area (Å²) in [5, 5.41) is 3.37. The number of benzene rings is 2. The number of nitrogens with zero attached hydrogens (tertiary/aromatic N) is 2. The summed E-state index contributed by atoms with van der Waals surface area (Å²) in [5.41, 5.74) is 2.27. The number of hydrogen-bond acceptors (Lipinski definition) is 4. The van der Waals surface area contributed by atoms with Crippen molar-refractivity contribution >= 4 is 29.3 Å². The number of carbonyl (C=O) groups excluding carboxylic acids is 2. The molecule has 148 valence electrons. The number of rotatable bonds is 5. The maximum atomic E-state index is 12.8. The molecule has 2 aromatic rings. The van der Waals surface area contributed by atoms with E-state index in [0.717, 1.165) is 24.7 Å². The van der Waals surface area contributed by atoms with Crippen LogP contribution in [0.25, 0.3) is 0 Å². The highest BCUT2D eigenvalue weighted by molar-refractivity contribution is 6.30. The zero-order chi connectivity index (χ0) is 19.9. The predicted octanol–water partition coefficient (Wildman–Crippen LogP) is 3.87. The van der Waals surface area contributed by atoms with Crippen LogP contribution in [0.4, 0.5) is 10.5 Å². The van der Waals surface area contributed by atoms with Crippen LogP contribution in [0, 0.1) is 0 Å². The first-order valence-electron chi connectivity index (χ1n) is 9.35. The van der Waals surface area contributed by atoms with Crippen molar-refractivity contribution in [3.05, 3.63) is 64.7 Å². The van der Waals surface area contributed by atoms with Gasteiger partial charge >= 0.3 is 6.09 Å². The molecule has 1 N–H and O–H groups in total. The van der Waals surface area contributed by atoms with E-state index in [4.69, 9.17) is 16.3 Å². The van der Waals surface area contributed by atoms with E-state index < -0.39 is 6.09 Å². The summed E-state index contributed by atoms with van der Waals surface area (Å²) in [4.78, 5) is 28.5. The summed E-state index contributed by atoms with van der Waals surface area (Å²) in [7, 11) is 0. The molecule has 0 aliphatic carbocycles. The van der Waals surface area contributed by atoms with Crippen LogP contribution < -0.4 is 5.32 Å². The van der Waals surface area contributed by atoms with Gasteiger partial charge in [-0.2, -0.15) is 0 Å². The molecule has 0 aromatic heterocycles. The predicted molar refractivity (Wildman–Crippen MR) is 110 cm³/mol. The molecular weight excluding hydrogens is 378 g/mol. The zero-order valence-corrected chi connectivity index (χ0v) is 16.6. The topological polar surface area (TPSA) is 61.9 Å². The van der Waals surface area contributed by atoms with Crippen molar-refractivity contribution in [3.8, 4) is 0 Å². The highest BCUT2D eigenvalue weighted by Gasteiger charge is 2.22. The van der Waals surface area contributed by atoms with Crippen molar-refractivity contribution in [3.63, 3.8) is 0 Å². The second-order valence-corrected chi connectivity index (χ2v) is 7.06. The lowest BCUT2D eigenvalue weighted by atomic mass is 10.1. The normalized spacial score (nSPS) is 14.6. The molecule has 7 heteroatoms. The number of amides is 2. The number of halogens is 1. The first kappa shape index (κ1) is 20.2. The van der Waals surface area contributed by atoms with E-state index in [1.54, 1.807) is 31.2 Å². The Morgan fingerprint density at radius 2 is 1.82 bits per heavy atom. The van der Waals surface area contributed by atoms with Crippen LogP contribution in [-0.2, 0) is 11.3 Å². The fourth-order valence-electron chi connectivity index (χ4n) is 3.20. The highest BCUT2D eigenvalue weighted by atomic mass is 35.5. The Bertz CT molecular complexity index is 835. The van der Waals surface area contributed by atoms with E-state index in [0.29, 0.717) is 30.9 Å². The molecule has 0 saturated carbocycles. The fourth-order valence-corrected chi connectivity index (χ4v) is 3.41. The van der Waals surface area contributed by atoms with Gasteiger partial charge in [-0.25, -0.2) is 4.79 Å². The van der Waals surface area contributed by atoms with Crippen LogP contribution >= 0.6 is 11.6 Å². The van der Waals surface area contributed by atoms with Gasteiger partial charge in [-0.3, -0.25) is 15.0 Å². The van der Waals surface area contributed by atoms with Crippen LogP contribution in [-0.4, -0.2) is 54.6 Å². The summed E-state index contributed by atoms with van der Waals surface area (Å²) in [5.74, 6) is -0.0325. The fraction of sp³-hybridized carbons (Fsp3) is 0.333. The van der Waals surface area contributed by atoms with Gasteiger partial charge in [0, 0.05) is 49.0 Å². The van der Waals surface area contributed by atoms with E-state index in [9.17, 15) is 9.59 Å². The number of nitrogens with one attached hydrogen (secondary N) is 1. The van der Waals surface area contributed by atoms with Crippen molar-refractivity contribution in [1.29, 1.82) is 0 Å². The third kappa shape index (κ3) is 5.47. The average molecular weight is 402 g/mol. The molecule has 2 aromatic carbocycles. The zero-order valence-electron chi connectivity index (χ0n) is 15.9. The van der Waals surface area contributed by atoms with Crippen LogP contribution in [0.3, 0.4) is 0 Å². The largest absolute Gasteiger partial charge is 0.450 e. The molecule has 0 bridgehead atoms. The Morgan fingerprint density at radius 3 is 2.54 bits per heavy atom. The molecular formula is C21H24ClN3O3. The minimum absolute atomic E-state index is 0.0325. The highest BCUT2D eigenvalue weighted by Crippen LogP contribution is 2.17. The van der Waals surface area contributed by atoms with Crippen LogP contribution in [0.1, 0.15) is 22.8 Å².